The molecule has 1 amide bonds. The summed E-state index contributed by atoms with van der Waals surface area (Å²) in [5.41, 5.74) is 1.88. The van der Waals surface area contributed by atoms with Gasteiger partial charge in [-0.15, -0.1) is 0 Å². The summed E-state index contributed by atoms with van der Waals surface area (Å²) < 4.78 is 1.29. The van der Waals surface area contributed by atoms with Crippen LogP contribution in [-0.4, -0.2) is 21.7 Å². The number of aryl methyl sites for hydroxylation is 2. The number of hydrogen-bond acceptors (Lipinski definition) is 3. The Morgan fingerprint density at radius 3 is 2.94 bits per heavy atom. The predicted molar refractivity (Wildman–Crippen MR) is 66.3 cm³/mol. The zero-order valence-electron chi connectivity index (χ0n) is 10.3. The van der Waals surface area contributed by atoms with Crippen LogP contribution in [0.3, 0.4) is 0 Å². The highest BCUT2D eigenvalue weighted by atomic mass is 16.2. The average molecular weight is 247 g/mol. The van der Waals surface area contributed by atoms with Crippen LogP contribution in [0.2, 0.25) is 0 Å². The standard InChI is InChI=1S/C13H17N3O2/c17-12(14-10-5-6-10)8-16-13(18)7-9-3-1-2-4-11(9)15-16/h7,10H,1-6,8H2,(H,14,17). The van der Waals surface area contributed by atoms with E-state index in [2.05, 4.69) is 10.4 Å². The van der Waals surface area contributed by atoms with Crippen molar-refractivity contribution in [2.45, 2.75) is 51.1 Å². The molecule has 0 aromatic carbocycles. The Kier molecular flexibility index (Phi) is 2.89. The van der Waals surface area contributed by atoms with Gasteiger partial charge in [0.1, 0.15) is 6.54 Å². The topological polar surface area (TPSA) is 64.0 Å². The summed E-state index contributed by atoms with van der Waals surface area (Å²) in [5, 5.41) is 7.19. The van der Waals surface area contributed by atoms with Gasteiger partial charge in [0.2, 0.25) is 5.91 Å². The van der Waals surface area contributed by atoms with E-state index in [9.17, 15) is 9.59 Å². The van der Waals surface area contributed by atoms with Crippen LogP contribution in [0.4, 0.5) is 0 Å². The Hall–Kier alpha value is -1.65. The first-order chi connectivity index (χ1) is 8.72. The van der Waals surface area contributed by atoms with Gasteiger partial charge in [-0.1, -0.05) is 0 Å². The number of aromatic nitrogens is 2. The highest BCUT2D eigenvalue weighted by Gasteiger charge is 2.23. The molecule has 1 aromatic heterocycles. The third kappa shape index (κ3) is 2.44. The van der Waals surface area contributed by atoms with E-state index in [-0.39, 0.29) is 18.0 Å². The summed E-state index contributed by atoms with van der Waals surface area (Å²) in [6, 6.07) is 1.97. The van der Waals surface area contributed by atoms with E-state index in [0.717, 1.165) is 49.8 Å². The largest absolute Gasteiger partial charge is 0.352 e. The molecule has 5 nitrogen and oxygen atoms in total. The molecule has 2 aliphatic rings. The molecule has 0 unspecified atom stereocenters. The second-order valence-corrected chi connectivity index (χ2v) is 5.16. The van der Waals surface area contributed by atoms with Crippen molar-refractivity contribution in [1.29, 1.82) is 0 Å². The molecule has 0 saturated heterocycles. The van der Waals surface area contributed by atoms with Crippen LogP contribution in [0.1, 0.15) is 36.9 Å². The van der Waals surface area contributed by atoms with Crippen molar-refractivity contribution in [1.82, 2.24) is 15.1 Å². The Labute approximate surface area is 105 Å². The van der Waals surface area contributed by atoms with Crippen LogP contribution in [0.25, 0.3) is 0 Å². The molecule has 0 radical (unpaired) electrons. The van der Waals surface area contributed by atoms with Crippen molar-refractivity contribution < 1.29 is 4.79 Å². The summed E-state index contributed by atoms with van der Waals surface area (Å²) in [7, 11) is 0. The Morgan fingerprint density at radius 1 is 1.39 bits per heavy atom. The van der Waals surface area contributed by atoms with Gasteiger partial charge >= 0.3 is 0 Å². The number of rotatable bonds is 3. The summed E-state index contributed by atoms with van der Waals surface area (Å²) >= 11 is 0. The van der Waals surface area contributed by atoms with Crippen molar-refractivity contribution in [2.24, 2.45) is 0 Å². The number of nitrogens with zero attached hydrogens (tertiary/aromatic N) is 2. The van der Waals surface area contributed by atoms with E-state index in [1.54, 1.807) is 6.07 Å². The van der Waals surface area contributed by atoms with Crippen LogP contribution >= 0.6 is 0 Å². The van der Waals surface area contributed by atoms with Gasteiger partial charge in [0.25, 0.3) is 5.56 Å². The Bertz CT molecular complexity index is 532. The molecule has 1 saturated carbocycles. The number of carbonyl (C=O) groups excluding carboxylic acids is 1. The lowest BCUT2D eigenvalue weighted by molar-refractivity contribution is -0.122. The normalized spacial score (nSPS) is 18.2. The summed E-state index contributed by atoms with van der Waals surface area (Å²) in [6.45, 7) is 0.0443. The second kappa shape index (κ2) is 4.55. The third-order valence-corrected chi connectivity index (χ3v) is 3.51. The molecule has 1 fully saturated rings. The number of nitrogens with one attached hydrogen (secondary N) is 1. The first kappa shape index (κ1) is 11.4. The average Bonchev–Trinajstić information content (AvgIpc) is 3.14. The first-order valence-corrected chi connectivity index (χ1v) is 6.61. The van der Waals surface area contributed by atoms with Gasteiger partial charge in [-0.3, -0.25) is 9.59 Å². The fraction of sp³-hybridized carbons (Fsp3) is 0.615. The number of hydrogen-bond donors (Lipinski definition) is 1. The summed E-state index contributed by atoms with van der Waals surface area (Å²) in [4.78, 5) is 23.5. The first-order valence-electron chi connectivity index (χ1n) is 6.61. The van der Waals surface area contributed by atoms with E-state index < -0.39 is 0 Å². The Balaban J connectivity index is 1.78. The fourth-order valence-corrected chi connectivity index (χ4v) is 2.35. The van der Waals surface area contributed by atoms with Crippen LogP contribution in [0, 0.1) is 0 Å². The van der Waals surface area contributed by atoms with E-state index in [0.29, 0.717) is 6.04 Å². The number of amides is 1. The second-order valence-electron chi connectivity index (χ2n) is 5.16. The molecular formula is C13H17N3O2. The highest BCUT2D eigenvalue weighted by Crippen LogP contribution is 2.18. The quantitative estimate of drug-likeness (QED) is 0.841. The zero-order chi connectivity index (χ0) is 12.5. The zero-order valence-corrected chi connectivity index (χ0v) is 10.3. The van der Waals surface area contributed by atoms with Crippen LogP contribution in [-0.2, 0) is 24.2 Å². The van der Waals surface area contributed by atoms with Crippen LogP contribution in [0.5, 0.6) is 0 Å². The van der Waals surface area contributed by atoms with Gasteiger partial charge in [0, 0.05) is 12.1 Å². The van der Waals surface area contributed by atoms with Crippen molar-refractivity contribution >= 4 is 5.91 Å². The van der Waals surface area contributed by atoms with E-state index in [1.165, 1.54) is 4.68 Å². The molecule has 1 heterocycles. The van der Waals surface area contributed by atoms with Crippen molar-refractivity contribution in [3.8, 4) is 0 Å². The SMILES string of the molecule is O=C(Cn1nc2c(cc1=O)CCCC2)NC1CC1. The van der Waals surface area contributed by atoms with Crippen molar-refractivity contribution in [3.05, 3.63) is 27.7 Å². The molecule has 3 rings (SSSR count). The third-order valence-electron chi connectivity index (χ3n) is 3.51. The molecule has 96 valence electrons. The molecule has 0 bridgehead atoms. The van der Waals surface area contributed by atoms with Gasteiger partial charge in [0.15, 0.2) is 0 Å². The van der Waals surface area contributed by atoms with Gasteiger partial charge in [-0.25, -0.2) is 4.68 Å². The molecule has 0 spiro atoms. The van der Waals surface area contributed by atoms with E-state index in [1.807, 2.05) is 0 Å². The number of fused-ring (bicyclic) bond motifs is 1. The van der Waals surface area contributed by atoms with Crippen LogP contribution in [0.15, 0.2) is 10.9 Å². The maximum Gasteiger partial charge on any atom is 0.267 e. The smallest absolute Gasteiger partial charge is 0.267 e. The van der Waals surface area contributed by atoms with Gasteiger partial charge < -0.3 is 5.32 Å². The molecule has 1 aromatic rings. The maximum atomic E-state index is 11.8. The Morgan fingerprint density at radius 2 is 2.17 bits per heavy atom. The van der Waals surface area contributed by atoms with E-state index in [4.69, 9.17) is 0 Å². The number of carbonyl (C=O) groups is 1. The minimum Gasteiger partial charge on any atom is -0.352 e. The molecule has 5 heteroatoms. The highest BCUT2D eigenvalue weighted by molar-refractivity contribution is 5.76. The lowest BCUT2D eigenvalue weighted by Crippen LogP contribution is -2.35. The lowest BCUT2D eigenvalue weighted by Gasteiger charge is -2.15. The molecule has 0 atom stereocenters. The summed E-state index contributed by atoms with van der Waals surface area (Å²) in [5.74, 6) is -0.108. The van der Waals surface area contributed by atoms with Gasteiger partial charge in [-0.2, -0.15) is 5.10 Å². The molecule has 18 heavy (non-hydrogen) atoms. The molecule has 1 N–H and O–H groups in total. The fourth-order valence-electron chi connectivity index (χ4n) is 2.35. The minimum absolute atomic E-state index is 0.0443. The van der Waals surface area contributed by atoms with Crippen molar-refractivity contribution in [2.75, 3.05) is 0 Å². The lowest BCUT2D eigenvalue weighted by atomic mass is 9.97. The van der Waals surface area contributed by atoms with Crippen LogP contribution < -0.4 is 10.9 Å². The van der Waals surface area contributed by atoms with Crippen molar-refractivity contribution in [3.63, 3.8) is 0 Å². The monoisotopic (exact) mass is 247 g/mol. The van der Waals surface area contributed by atoms with Gasteiger partial charge in [-0.05, 0) is 44.1 Å². The minimum atomic E-state index is -0.165. The molecular weight excluding hydrogens is 230 g/mol. The van der Waals surface area contributed by atoms with E-state index >= 15 is 0 Å². The van der Waals surface area contributed by atoms with Gasteiger partial charge in [0.05, 0.1) is 5.69 Å². The molecule has 0 aliphatic heterocycles. The molecule has 2 aliphatic carbocycles. The maximum absolute atomic E-state index is 11.8. The summed E-state index contributed by atoms with van der Waals surface area (Å²) in [6.07, 6.45) is 6.20. The predicted octanol–water partition coefficient (Wildman–Crippen LogP) is 0.401.